The fraction of sp³-hybridized carbons (Fsp3) is 0.500. The summed E-state index contributed by atoms with van der Waals surface area (Å²) in [5.41, 5.74) is 0.624. The zero-order valence-electron chi connectivity index (χ0n) is 6.44. The summed E-state index contributed by atoms with van der Waals surface area (Å²) in [6, 6.07) is 0. The van der Waals surface area contributed by atoms with E-state index in [-0.39, 0.29) is 12.4 Å². The van der Waals surface area contributed by atoms with Crippen LogP contribution in [0, 0.1) is 0 Å². The van der Waals surface area contributed by atoms with E-state index in [1.165, 1.54) is 18.1 Å². The fourth-order valence-corrected chi connectivity index (χ4v) is 0.689. The molecule has 1 aromatic rings. The highest BCUT2D eigenvalue weighted by molar-refractivity contribution is 5.71. The number of carbonyl (C=O) groups is 1. The lowest BCUT2D eigenvalue weighted by molar-refractivity contribution is -0.139. The van der Waals surface area contributed by atoms with E-state index in [9.17, 15) is 4.79 Å². The van der Waals surface area contributed by atoms with Gasteiger partial charge in [-0.15, -0.1) is 0 Å². The van der Waals surface area contributed by atoms with E-state index in [0.29, 0.717) is 5.69 Å². The standard InChI is InChI=1S/C6H9N3O2/c1-9-7-4-5(8-9)3-6(10)11-2/h4H,3H2,1-2H3. The van der Waals surface area contributed by atoms with Crippen molar-refractivity contribution in [3.8, 4) is 0 Å². The number of rotatable bonds is 2. The van der Waals surface area contributed by atoms with Crippen molar-refractivity contribution in [1.82, 2.24) is 15.0 Å². The number of nitrogens with zero attached hydrogens (tertiary/aromatic N) is 3. The van der Waals surface area contributed by atoms with Crippen LogP contribution in [0.2, 0.25) is 0 Å². The largest absolute Gasteiger partial charge is 0.469 e. The van der Waals surface area contributed by atoms with Crippen LogP contribution in [0.1, 0.15) is 5.69 Å². The van der Waals surface area contributed by atoms with E-state index in [1.807, 2.05) is 0 Å². The van der Waals surface area contributed by atoms with Gasteiger partial charge in [-0.05, 0) is 0 Å². The second-order valence-electron chi connectivity index (χ2n) is 2.08. The molecule has 5 nitrogen and oxygen atoms in total. The van der Waals surface area contributed by atoms with Gasteiger partial charge in [0.05, 0.1) is 25.4 Å². The van der Waals surface area contributed by atoms with Gasteiger partial charge in [-0.1, -0.05) is 0 Å². The summed E-state index contributed by atoms with van der Waals surface area (Å²) in [6.07, 6.45) is 1.72. The lowest BCUT2D eigenvalue weighted by Crippen LogP contribution is -2.05. The quantitative estimate of drug-likeness (QED) is 0.542. The Morgan fingerprint density at radius 3 is 3.00 bits per heavy atom. The number of hydrogen-bond donors (Lipinski definition) is 0. The van der Waals surface area contributed by atoms with Crippen molar-refractivity contribution in [2.24, 2.45) is 7.05 Å². The molecule has 0 spiro atoms. The smallest absolute Gasteiger partial charge is 0.311 e. The van der Waals surface area contributed by atoms with E-state index in [2.05, 4.69) is 14.9 Å². The molecule has 1 aromatic heterocycles. The number of hydrogen-bond acceptors (Lipinski definition) is 4. The van der Waals surface area contributed by atoms with Gasteiger partial charge >= 0.3 is 5.97 Å². The van der Waals surface area contributed by atoms with E-state index < -0.39 is 0 Å². The van der Waals surface area contributed by atoms with Crippen molar-refractivity contribution in [2.45, 2.75) is 6.42 Å². The van der Waals surface area contributed by atoms with Crippen LogP contribution in [0.15, 0.2) is 6.20 Å². The Kier molecular flexibility index (Phi) is 2.20. The first-order valence-electron chi connectivity index (χ1n) is 3.14. The summed E-state index contributed by atoms with van der Waals surface area (Å²) in [5, 5.41) is 7.71. The third-order valence-corrected chi connectivity index (χ3v) is 1.20. The van der Waals surface area contributed by atoms with Crippen molar-refractivity contribution >= 4 is 5.97 Å². The minimum Gasteiger partial charge on any atom is -0.469 e. The maximum Gasteiger partial charge on any atom is 0.311 e. The minimum atomic E-state index is -0.300. The van der Waals surface area contributed by atoms with Gasteiger partial charge < -0.3 is 4.74 Å². The zero-order chi connectivity index (χ0) is 8.27. The first kappa shape index (κ1) is 7.71. The van der Waals surface area contributed by atoms with Crippen LogP contribution >= 0.6 is 0 Å². The number of esters is 1. The van der Waals surface area contributed by atoms with Gasteiger partial charge in [-0.25, -0.2) is 0 Å². The summed E-state index contributed by atoms with van der Waals surface area (Å²) in [4.78, 5) is 12.1. The predicted octanol–water partition coefficient (Wildman–Crippen LogP) is -0.469. The van der Waals surface area contributed by atoms with Crippen LogP contribution < -0.4 is 0 Å². The van der Waals surface area contributed by atoms with Gasteiger partial charge in [0.25, 0.3) is 0 Å². The molecule has 1 rings (SSSR count). The molecule has 0 atom stereocenters. The van der Waals surface area contributed by atoms with Crippen LogP contribution in [0.25, 0.3) is 0 Å². The van der Waals surface area contributed by atoms with Crippen molar-refractivity contribution in [2.75, 3.05) is 7.11 Å². The molecule has 1 heterocycles. The third-order valence-electron chi connectivity index (χ3n) is 1.20. The number of methoxy groups -OCH3 is 1. The Morgan fingerprint density at radius 2 is 2.55 bits per heavy atom. The molecule has 0 aliphatic heterocycles. The van der Waals surface area contributed by atoms with Crippen LogP contribution in [0.5, 0.6) is 0 Å². The molecule has 0 saturated heterocycles. The average Bonchev–Trinajstić information content (AvgIpc) is 2.35. The first-order chi connectivity index (χ1) is 5.22. The maximum atomic E-state index is 10.7. The lowest BCUT2D eigenvalue weighted by Gasteiger charge is -1.92. The molecule has 0 fully saturated rings. The summed E-state index contributed by atoms with van der Waals surface area (Å²) >= 11 is 0. The fourth-order valence-electron chi connectivity index (χ4n) is 0.689. The Labute approximate surface area is 64.0 Å². The van der Waals surface area contributed by atoms with Gasteiger partial charge in [0.15, 0.2) is 0 Å². The van der Waals surface area contributed by atoms with Crippen LogP contribution in [-0.2, 0) is 23.0 Å². The topological polar surface area (TPSA) is 57.0 Å². The summed E-state index contributed by atoms with van der Waals surface area (Å²) in [5.74, 6) is -0.300. The monoisotopic (exact) mass is 155 g/mol. The van der Waals surface area contributed by atoms with Gasteiger partial charge in [-0.3, -0.25) is 4.79 Å². The molecule has 0 saturated carbocycles. The molecular formula is C6H9N3O2. The number of aryl methyl sites for hydroxylation is 1. The van der Waals surface area contributed by atoms with E-state index in [4.69, 9.17) is 0 Å². The molecule has 0 aromatic carbocycles. The average molecular weight is 155 g/mol. The van der Waals surface area contributed by atoms with Crippen LogP contribution in [-0.4, -0.2) is 28.1 Å². The first-order valence-corrected chi connectivity index (χ1v) is 3.14. The lowest BCUT2D eigenvalue weighted by atomic mass is 10.3. The van der Waals surface area contributed by atoms with Crippen molar-refractivity contribution < 1.29 is 9.53 Å². The molecule has 11 heavy (non-hydrogen) atoms. The predicted molar refractivity (Wildman–Crippen MR) is 36.7 cm³/mol. The van der Waals surface area contributed by atoms with E-state index in [0.717, 1.165) is 0 Å². The molecule has 0 aliphatic carbocycles. The normalized spacial score (nSPS) is 9.64. The molecule has 0 amide bonds. The highest BCUT2D eigenvalue weighted by atomic mass is 16.5. The van der Waals surface area contributed by atoms with Crippen molar-refractivity contribution in [1.29, 1.82) is 0 Å². The highest BCUT2D eigenvalue weighted by Crippen LogP contribution is 1.92. The molecule has 60 valence electrons. The Hall–Kier alpha value is -1.39. The second kappa shape index (κ2) is 3.14. The molecule has 0 aliphatic rings. The SMILES string of the molecule is COC(=O)Cc1cnn(C)n1. The summed E-state index contributed by atoms with van der Waals surface area (Å²) in [7, 11) is 3.04. The molecule has 0 radical (unpaired) electrons. The molecule has 0 bridgehead atoms. The number of ether oxygens (including phenoxy) is 1. The Balaban J connectivity index is 2.57. The second-order valence-corrected chi connectivity index (χ2v) is 2.08. The minimum absolute atomic E-state index is 0.185. The third kappa shape index (κ3) is 2.03. The summed E-state index contributed by atoms with van der Waals surface area (Å²) in [6.45, 7) is 0. The van der Waals surface area contributed by atoms with Gasteiger partial charge in [0.2, 0.25) is 0 Å². The Bertz CT molecular complexity index is 256. The van der Waals surface area contributed by atoms with Crippen LogP contribution in [0.3, 0.4) is 0 Å². The van der Waals surface area contributed by atoms with Gasteiger partial charge in [-0.2, -0.15) is 15.0 Å². The maximum absolute atomic E-state index is 10.7. The van der Waals surface area contributed by atoms with Crippen molar-refractivity contribution in [3.63, 3.8) is 0 Å². The zero-order valence-corrected chi connectivity index (χ0v) is 6.44. The van der Waals surface area contributed by atoms with E-state index >= 15 is 0 Å². The summed E-state index contributed by atoms with van der Waals surface area (Å²) < 4.78 is 4.45. The Morgan fingerprint density at radius 1 is 1.82 bits per heavy atom. The highest BCUT2D eigenvalue weighted by Gasteiger charge is 2.04. The number of carbonyl (C=O) groups excluding carboxylic acids is 1. The molecular weight excluding hydrogens is 146 g/mol. The van der Waals surface area contributed by atoms with Gasteiger partial charge in [0.1, 0.15) is 0 Å². The molecule has 0 N–H and O–H groups in total. The number of aromatic nitrogens is 3. The van der Waals surface area contributed by atoms with Crippen LogP contribution in [0.4, 0.5) is 0 Å². The molecule has 5 heteroatoms. The van der Waals surface area contributed by atoms with Gasteiger partial charge in [0, 0.05) is 7.05 Å². The van der Waals surface area contributed by atoms with Crippen molar-refractivity contribution in [3.05, 3.63) is 11.9 Å². The van der Waals surface area contributed by atoms with E-state index in [1.54, 1.807) is 7.05 Å². The molecule has 0 unspecified atom stereocenters.